The fraction of sp³-hybridized carbons (Fsp3) is 0.0588. The standard InChI is InChI=1S/C17H11BrClFN2O/c1-10-3-2-6-22-16(23)9-15(21-17(10)22)13(19)8-11-4-5-14(20)12(18)7-11/h2-9H,1H3/b13-8-. The molecule has 6 heteroatoms. The van der Waals surface area contributed by atoms with E-state index in [0.29, 0.717) is 26.4 Å². The fourth-order valence-corrected chi connectivity index (χ4v) is 2.83. The lowest BCUT2D eigenvalue weighted by molar-refractivity contribution is 0.621. The molecule has 0 N–H and O–H groups in total. The van der Waals surface area contributed by atoms with E-state index in [0.717, 1.165) is 5.56 Å². The van der Waals surface area contributed by atoms with Crippen LogP contribution < -0.4 is 5.56 Å². The first kappa shape index (κ1) is 15.9. The Morgan fingerprint density at radius 3 is 2.87 bits per heavy atom. The van der Waals surface area contributed by atoms with E-state index >= 15 is 0 Å². The fourth-order valence-electron chi connectivity index (χ4n) is 2.21. The molecule has 0 aliphatic rings. The average Bonchev–Trinajstić information content (AvgIpc) is 2.52. The highest BCUT2D eigenvalue weighted by Gasteiger charge is 2.08. The predicted molar refractivity (Wildman–Crippen MR) is 94.0 cm³/mol. The molecule has 0 atom stereocenters. The zero-order valence-electron chi connectivity index (χ0n) is 12.1. The Labute approximate surface area is 145 Å². The van der Waals surface area contributed by atoms with Gasteiger partial charge in [-0.05, 0) is 58.3 Å². The zero-order chi connectivity index (χ0) is 16.6. The molecule has 0 unspecified atom stereocenters. The Morgan fingerprint density at radius 2 is 2.13 bits per heavy atom. The first-order valence-electron chi connectivity index (χ1n) is 6.77. The maximum atomic E-state index is 13.3. The van der Waals surface area contributed by atoms with Crippen LogP contribution in [0, 0.1) is 12.7 Å². The van der Waals surface area contributed by atoms with Gasteiger partial charge in [-0.1, -0.05) is 23.7 Å². The van der Waals surface area contributed by atoms with Crippen LogP contribution in [0.15, 0.2) is 51.9 Å². The quantitative estimate of drug-likeness (QED) is 0.635. The Morgan fingerprint density at radius 1 is 1.35 bits per heavy atom. The normalized spacial score (nSPS) is 11.9. The number of nitrogens with zero attached hydrogens (tertiary/aromatic N) is 2. The average molecular weight is 394 g/mol. The van der Waals surface area contributed by atoms with Gasteiger partial charge >= 0.3 is 0 Å². The summed E-state index contributed by atoms with van der Waals surface area (Å²) in [5.41, 5.74) is 2.31. The van der Waals surface area contributed by atoms with E-state index in [4.69, 9.17) is 11.6 Å². The highest BCUT2D eigenvalue weighted by atomic mass is 79.9. The van der Waals surface area contributed by atoms with Gasteiger partial charge in [-0.15, -0.1) is 0 Å². The van der Waals surface area contributed by atoms with Crippen LogP contribution in [0.2, 0.25) is 0 Å². The summed E-state index contributed by atoms with van der Waals surface area (Å²) in [5, 5.41) is 0.311. The third kappa shape index (κ3) is 3.21. The second kappa shape index (κ2) is 6.26. The molecule has 2 heterocycles. The van der Waals surface area contributed by atoms with Crippen molar-refractivity contribution in [3.05, 3.63) is 80.1 Å². The summed E-state index contributed by atoms with van der Waals surface area (Å²) in [6, 6.07) is 9.59. The molecule has 0 spiro atoms. The van der Waals surface area contributed by atoms with Crippen LogP contribution in [-0.2, 0) is 0 Å². The summed E-state index contributed by atoms with van der Waals surface area (Å²) in [5.74, 6) is -0.351. The smallest absolute Gasteiger partial charge is 0.258 e. The van der Waals surface area contributed by atoms with E-state index in [9.17, 15) is 9.18 Å². The summed E-state index contributed by atoms with van der Waals surface area (Å²) < 4.78 is 15.1. The van der Waals surface area contributed by atoms with Crippen molar-refractivity contribution in [1.82, 2.24) is 9.38 Å². The number of fused-ring (bicyclic) bond motifs is 1. The molecule has 2 aromatic heterocycles. The number of benzene rings is 1. The van der Waals surface area contributed by atoms with Crippen molar-refractivity contribution in [1.29, 1.82) is 0 Å². The number of aryl methyl sites for hydroxylation is 1. The molecule has 0 saturated heterocycles. The lowest BCUT2D eigenvalue weighted by Gasteiger charge is -2.06. The number of rotatable bonds is 2. The molecule has 3 rings (SSSR count). The molecular formula is C17H11BrClFN2O. The summed E-state index contributed by atoms with van der Waals surface area (Å²) >= 11 is 9.43. The van der Waals surface area contributed by atoms with Crippen LogP contribution in [0.3, 0.4) is 0 Å². The van der Waals surface area contributed by atoms with Gasteiger partial charge in [-0.2, -0.15) is 0 Å². The van der Waals surface area contributed by atoms with Gasteiger partial charge in [-0.25, -0.2) is 9.37 Å². The lowest BCUT2D eigenvalue weighted by Crippen LogP contribution is -2.15. The molecule has 0 saturated carbocycles. The summed E-state index contributed by atoms with van der Waals surface area (Å²) in [6.07, 6.45) is 3.30. The monoisotopic (exact) mass is 392 g/mol. The Hall–Kier alpha value is -1.98. The van der Waals surface area contributed by atoms with Crippen molar-refractivity contribution in [2.24, 2.45) is 0 Å². The maximum Gasteiger partial charge on any atom is 0.258 e. The first-order chi connectivity index (χ1) is 11.0. The van der Waals surface area contributed by atoms with E-state index in [2.05, 4.69) is 20.9 Å². The Bertz CT molecular complexity index is 998. The molecule has 0 radical (unpaired) electrons. The second-order valence-electron chi connectivity index (χ2n) is 5.03. The third-order valence-electron chi connectivity index (χ3n) is 3.37. The SMILES string of the molecule is Cc1cccn2c(=O)cc(/C(Cl)=C/c3ccc(F)c(Br)c3)nc12. The number of pyridine rings is 1. The Balaban J connectivity index is 2.12. The number of halogens is 3. The maximum absolute atomic E-state index is 13.3. The van der Waals surface area contributed by atoms with Crippen LogP contribution in [0.25, 0.3) is 16.8 Å². The molecule has 3 aromatic rings. The van der Waals surface area contributed by atoms with E-state index < -0.39 is 0 Å². The van der Waals surface area contributed by atoms with Crippen molar-refractivity contribution in [3.63, 3.8) is 0 Å². The summed E-state index contributed by atoms with van der Waals surface area (Å²) in [6.45, 7) is 1.88. The van der Waals surface area contributed by atoms with Gasteiger partial charge in [-0.3, -0.25) is 9.20 Å². The highest BCUT2D eigenvalue weighted by Crippen LogP contribution is 2.23. The minimum atomic E-state index is -0.351. The molecule has 1 aromatic carbocycles. The Kier molecular flexibility index (Phi) is 4.33. The van der Waals surface area contributed by atoms with Gasteiger partial charge in [0.2, 0.25) is 0 Å². The number of aromatic nitrogens is 2. The van der Waals surface area contributed by atoms with Gasteiger partial charge in [0.15, 0.2) is 0 Å². The van der Waals surface area contributed by atoms with Gasteiger partial charge in [0.25, 0.3) is 5.56 Å². The van der Waals surface area contributed by atoms with Crippen molar-refractivity contribution >= 4 is 44.3 Å². The number of hydrogen-bond donors (Lipinski definition) is 0. The van der Waals surface area contributed by atoms with Crippen LogP contribution in [0.4, 0.5) is 4.39 Å². The number of hydrogen-bond acceptors (Lipinski definition) is 2. The highest BCUT2D eigenvalue weighted by molar-refractivity contribution is 9.10. The second-order valence-corrected chi connectivity index (χ2v) is 6.29. The summed E-state index contributed by atoms with van der Waals surface area (Å²) in [7, 11) is 0. The van der Waals surface area contributed by atoms with Crippen LogP contribution >= 0.6 is 27.5 Å². The molecule has 0 aliphatic carbocycles. The molecule has 0 amide bonds. The molecule has 0 aliphatic heterocycles. The molecule has 116 valence electrons. The first-order valence-corrected chi connectivity index (χ1v) is 7.94. The molecule has 0 fully saturated rings. The molecule has 23 heavy (non-hydrogen) atoms. The van der Waals surface area contributed by atoms with Gasteiger partial charge in [0.05, 0.1) is 15.2 Å². The van der Waals surface area contributed by atoms with E-state index in [1.807, 2.05) is 13.0 Å². The van der Waals surface area contributed by atoms with Gasteiger partial charge in [0.1, 0.15) is 11.5 Å². The molecule has 3 nitrogen and oxygen atoms in total. The van der Waals surface area contributed by atoms with Gasteiger partial charge < -0.3 is 0 Å². The van der Waals surface area contributed by atoms with Gasteiger partial charge in [0, 0.05) is 12.3 Å². The van der Waals surface area contributed by atoms with E-state index in [1.165, 1.54) is 16.5 Å². The minimum Gasteiger partial charge on any atom is -0.269 e. The minimum absolute atomic E-state index is 0.208. The lowest BCUT2D eigenvalue weighted by atomic mass is 10.2. The van der Waals surface area contributed by atoms with E-state index in [-0.39, 0.29) is 11.4 Å². The topological polar surface area (TPSA) is 34.4 Å². The summed E-state index contributed by atoms with van der Waals surface area (Å²) in [4.78, 5) is 16.6. The van der Waals surface area contributed by atoms with Crippen LogP contribution in [-0.4, -0.2) is 9.38 Å². The van der Waals surface area contributed by atoms with Crippen molar-refractivity contribution in [3.8, 4) is 0 Å². The van der Waals surface area contributed by atoms with E-state index in [1.54, 1.807) is 30.5 Å². The zero-order valence-corrected chi connectivity index (χ0v) is 14.4. The molecular weight excluding hydrogens is 383 g/mol. The van der Waals surface area contributed by atoms with Crippen molar-refractivity contribution in [2.75, 3.05) is 0 Å². The van der Waals surface area contributed by atoms with Crippen molar-refractivity contribution < 1.29 is 4.39 Å². The predicted octanol–water partition coefficient (Wildman–Crippen LogP) is 4.64. The largest absolute Gasteiger partial charge is 0.269 e. The van der Waals surface area contributed by atoms with Crippen LogP contribution in [0.1, 0.15) is 16.8 Å². The third-order valence-corrected chi connectivity index (χ3v) is 4.28. The van der Waals surface area contributed by atoms with Crippen LogP contribution in [0.5, 0.6) is 0 Å². The molecule has 0 bridgehead atoms. The van der Waals surface area contributed by atoms with Crippen molar-refractivity contribution in [2.45, 2.75) is 6.92 Å².